The third-order valence-electron chi connectivity index (χ3n) is 1.84. The van der Waals surface area contributed by atoms with E-state index in [1.54, 1.807) is 0 Å². The molecule has 0 aliphatic heterocycles. The van der Waals surface area contributed by atoms with Gasteiger partial charge < -0.3 is 0 Å². The van der Waals surface area contributed by atoms with Crippen LogP contribution in [0.5, 0.6) is 0 Å². The summed E-state index contributed by atoms with van der Waals surface area (Å²) in [4.78, 5) is 0. The Hall–Kier alpha value is -0.610. The molecule has 70 valence electrons. The predicted octanol–water partition coefficient (Wildman–Crippen LogP) is 4.14. The minimum atomic E-state index is 0.993. The maximum Gasteiger partial charge on any atom is -0.0254 e. The Morgan fingerprint density at radius 3 is 2.62 bits per heavy atom. The average Bonchev–Trinajstić information content (AvgIpc) is 2.16. The van der Waals surface area contributed by atoms with Crippen molar-refractivity contribution in [3.05, 3.63) is 41.2 Å². The van der Waals surface area contributed by atoms with Crippen molar-refractivity contribution < 1.29 is 0 Å². The highest BCUT2D eigenvalue weighted by Crippen LogP contribution is 2.25. The van der Waals surface area contributed by atoms with Gasteiger partial charge in [0, 0.05) is 0 Å². The standard InChI is InChI=1S/C12H17P/c1-3-9-13-11(2)10-12-7-5-4-6-8-12/h4-8,10,13H,3,9H2,1-2H3. The fourth-order valence-electron chi connectivity index (χ4n) is 1.17. The number of hydrogen-bond donors (Lipinski definition) is 0. The quantitative estimate of drug-likeness (QED) is 0.629. The Bertz CT molecular complexity index is 262. The summed E-state index contributed by atoms with van der Waals surface area (Å²) in [6.45, 7) is 4.46. The van der Waals surface area contributed by atoms with E-state index in [9.17, 15) is 0 Å². The van der Waals surface area contributed by atoms with Gasteiger partial charge in [-0.15, -0.1) is 0 Å². The smallest absolute Gasteiger partial charge is 0.0254 e. The summed E-state index contributed by atoms with van der Waals surface area (Å²) in [5.74, 6) is 0. The molecule has 1 aromatic carbocycles. The lowest BCUT2D eigenvalue weighted by Gasteiger charge is -1.99. The lowest BCUT2D eigenvalue weighted by atomic mass is 10.2. The monoisotopic (exact) mass is 192 g/mol. The lowest BCUT2D eigenvalue weighted by molar-refractivity contribution is 1.10. The van der Waals surface area contributed by atoms with Crippen molar-refractivity contribution in [2.24, 2.45) is 0 Å². The van der Waals surface area contributed by atoms with E-state index >= 15 is 0 Å². The molecule has 0 spiro atoms. The van der Waals surface area contributed by atoms with Gasteiger partial charge in [-0.3, -0.25) is 0 Å². The molecule has 0 aromatic heterocycles. The zero-order chi connectivity index (χ0) is 9.52. The molecule has 1 unspecified atom stereocenters. The zero-order valence-electron chi connectivity index (χ0n) is 8.38. The Balaban J connectivity index is 2.55. The molecule has 0 aliphatic rings. The average molecular weight is 192 g/mol. The first-order chi connectivity index (χ1) is 6.33. The third-order valence-corrected chi connectivity index (χ3v) is 3.29. The second-order valence-electron chi connectivity index (χ2n) is 3.16. The Kier molecular flexibility index (Phi) is 4.78. The van der Waals surface area contributed by atoms with Gasteiger partial charge in [0.05, 0.1) is 0 Å². The van der Waals surface area contributed by atoms with Gasteiger partial charge in [-0.2, -0.15) is 0 Å². The second-order valence-corrected chi connectivity index (χ2v) is 4.81. The first-order valence-corrected chi connectivity index (χ1v) is 6.01. The number of hydrogen-bond acceptors (Lipinski definition) is 0. The zero-order valence-corrected chi connectivity index (χ0v) is 9.38. The van der Waals surface area contributed by atoms with Crippen LogP contribution in [-0.2, 0) is 0 Å². The van der Waals surface area contributed by atoms with E-state index in [-0.39, 0.29) is 0 Å². The Morgan fingerprint density at radius 2 is 2.00 bits per heavy atom. The van der Waals surface area contributed by atoms with Crippen molar-refractivity contribution in [3.8, 4) is 0 Å². The van der Waals surface area contributed by atoms with Crippen molar-refractivity contribution in [2.45, 2.75) is 20.3 Å². The molecule has 0 aliphatic carbocycles. The highest BCUT2D eigenvalue weighted by Gasteiger charge is 1.89. The molecule has 1 heteroatoms. The van der Waals surface area contributed by atoms with E-state index in [0.29, 0.717) is 0 Å². The van der Waals surface area contributed by atoms with Crippen molar-refractivity contribution in [3.63, 3.8) is 0 Å². The topological polar surface area (TPSA) is 0 Å². The molecular weight excluding hydrogens is 175 g/mol. The molecule has 1 rings (SSSR count). The number of allylic oxidation sites excluding steroid dienone is 1. The first-order valence-electron chi connectivity index (χ1n) is 4.80. The van der Waals surface area contributed by atoms with Gasteiger partial charge in [0.2, 0.25) is 0 Å². The largest absolute Gasteiger partial charge is 0.0952 e. The third kappa shape index (κ3) is 4.24. The van der Waals surface area contributed by atoms with Crippen LogP contribution < -0.4 is 0 Å². The summed E-state index contributed by atoms with van der Waals surface area (Å²) in [5, 5.41) is 1.51. The van der Waals surface area contributed by atoms with Crippen LogP contribution in [0.1, 0.15) is 25.8 Å². The number of rotatable bonds is 4. The minimum Gasteiger partial charge on any atom is -0.0952 e. The second kappa shape index (κ2) is 5.94. The van der Waals surface area contributed by atoms with Gasteiger partial charge in [-0.05, 0) is 18.6 Å². The summed E-state index contributed by atoms with van der Waals surface area (Å²) in [6, 6.07) is 10.5. The molecule has 1 aromatic rings. The summed E-state index contributed by atoms with van der Waals surface area (Å²) in [6.07, 6.45) is 4.90. The van der Waals surface area contributed by atoms with Gasteiger partial charge in [0.25, 0.3) is 0 Å². The van der Waals surface area contributed by atoms with Crippen LogP contribution in [0.15, 0.2) is 35.6 Å². The van der Waals surface area contributed by atoms with Crippen molar-refractivity contribution in [2.75, 3.05) is 6.16 Å². The predicted molar refractivity (Wildman–Crippen MR) is 63.6 cm³/mol. The SMILES string of the molecule is CCCPC(C)=Cc1ccccc1. The molecule has 0 N–H and O–H groups in total. The van der Waals surface area contributed by atoms with Gasteiger partial charge in [-0.25, -0.2) is 0 Å². The van der Waals surface area contributed by atoms with Gasteiger partial charge in [0.15, 0.2) is 0 Å². The molecule has 13 heavy (non-hydrogen) atoms. The Labute approximate surface area is 82.8 Å². The minimum absolute atomic E-state index is 0.993. The van der Waals surface area contributed by atoms with Crippen LogP contribution >= 0.6 is 8.58 Å². The molecule has 0 fully saturated rings. The molecule has 0 saturated heterocycles. The van der Waals surface area contributed by atoms with E-state index in [0.717, 1.165) is 8.58 Å². The molecular formula is C12H17P. The molecule has 0 nitrogen and oxygen atoms in total. The molecule has 1 atom stereocenters. The molecule has 0 amide bonds. The maximum atomic E-state index is 2.29. The van der Waals surface area contributed by atoms with Crippen molar-refractivity contribution >= 4 is 14.7 Å². The fourth-order valence-corrected chi connectivity index (χ4v) is 2.09. The van der Waals surface area contributed by atoms with E-state index in [1.165, 1.54) is 23.5 Å². The van der Waals surface area contributed by atoms with Crippen LogP contribution in [0.3, 0.4) is 0 Å². The van der Waals surface area contributed by atoms with Gasteiger partial charge >= 0.3 is 0 Å². The number of benzene rings is 1. The van der Waals surface area contributed by atoms with Gasteiger partial charge in [0.1, 0.15) is 0 Å². The molecule has 0 saturated carbocycles. The molecule has 0 radical (unpaired) electrons. The van der Waals surface area contributed by atoms with Crippen LogP contribution in [0.4, 0.5) is 0 Å². The summed E-state index contributed by atoms with van der Waals surface area (Å²) in [7, 11) is 0.993. The summed E-state index contributed by atoms with van der Waals surface area (Å²) >= 11 is 0. The lowest BCUT2D eigenvalue weighted by Crippen LogP contribution is -1.73. The maximum absolute atomic E-state index is 2.29. The van der Waals surface area contributed by atoms with Crippen molar-refractivity contribution in [1.82, 2.24) is 0 Å². The van der Waals surface area contributed by atoms with Crippen LogP contribution in [-0.4, -0.2) is 6.16 Å². The van der Waals surface area contributed by atoms with E-state index < -0.39 is 0 Å². The van der Waals surface area contributed by atoms with E-state index in [1.807, 2.05) is 0 Å². The summed E-state index contributed by atoms with van der Waals surface area (Å²) in [5.41, 5.74) is 1.32. The van der Waals surface area contributed by atoms with Crippen LogP contribution in [0.2, 0.25) is 0 Å². The summed E-state index contributed by atoms with van der Waals surface area (Å²) < 4.78 is 0. The first kappa shape index (κ1) is 10.5. The highest BCUT2D eigenvalue weighted by atomic mass is 31.1. The van der Waals surface area contributed by atoms with Crippen molar-refractivity contribution in [1.29, 1.82) is 0 Å². The fraction of sp³-hybridized carbons (Fsp3) is 0.333. The van der Waals surface area contributed by atoms with Crippen LogP contribution in [0.25, 0.3) is 6.08 Å². The van der Waals surface area contributed by atoms with E-state index in [2.05, 4.69) is 50.3 Å². The molecule has 0 bridgehead atoms. The Morgan fingerprint density at radius 1 is 1.31 bits per heavy atom. The van der Waals surface area contributed by atoms with Crippen LogP contribution in [0, 0.1) is 0 Å². The van der Waals surface area contributed by atoms with E-state index in [4.69, 9.17) is 0 Å². The molecule has 0 heterocycles. The van der Waals surface area contributed by atoms with Gasteiger partial charge in [-0.1, -0.05) is 63.6 Å². The normalized spacial score (nSPS) is 12.6. The highest BCUT2D eigenvalue weighted by molar-refractivity contribution is 7.43.